The van der Waals surface area contributed by atoms with Crippen LogP contribution in [0.4, 0.5) is 0 Å². The summed E-state index contributed by atoms with van der Waals surface area (Å²) in [5.41, 5.74) is 2.36. The number of nitrogens with zero attached hydrogens (tertiary/aromatic N) is 4. The maximum atomic E-state index is 12.0. The van der Waals surface area contributed by atoms with E-state index in [0.717, 1.165) is 0 Å². The minimum absolute atomic E-state index is 0.129. The van der Waals surface area contributed by atoms with E-state index >= 15 is 0 Å². The van der Waals surface area contributed by atoms with Crippen molar-refractivity contribution >= 4 is 66.1 Å². The van der Waals surface area contributed by atoms with Crippen LogP contribution in [0.2, 0.25) is 0 Å². The predicted molar refractivity (Wildman–Crippen MR) is 117 cm³/mol. The third-order valence-electron chi connectivity index (χ3n) is 3.67. The number of halogens is 2. The lowest BCUT2D eigenvalue weighted by Crippen LogP contribution is -2.40. The number of fused-ring (bicyclic) bond motifs is 2. The summed E-state index contributed by atoms with van der Waals surface area (Å²) in [5, 5.41) is 11.7. The molecule has 4 rings (SSSR count). The van der Waals surface area contributed by atoms with Gasteiger partial charge in [-0.3, -0.25) is 4.79 Å². The Labute approximate surface area is 187 Å². The molecule has 156 valence electrons. The molecule has 0 aliphatic carbocycles. The second-order valence-electron chi connectivity index (χ2n) is 7.19. The highest BCUT2D eigenvalue weighted by Gasteiger charge is 2.19. The summed E-state index contributed by atoms with van der Waals surface area (Å²) in [6.07, 6.45) is 6.09. The Hall–Kier alpha value is -2.86. The Morgan fingerprint density at radius 1 is 0.933 bits per heavy atom. The minimum atomic E-state index is -1.02. The van der Waals surface area contributed by atoms with Crippen molar-refractivity contribution < 1.29 is 14.7 Å². The van der Waals surface area contributed by atoms with Crippen molar-refractivity contribution in [3.05, 3.63) is 45.1 Å². The third kappa shape index (κ3) is 5.00. The summed E-state index contributed by atoms with van der Waals surface area (Å²) < 4.78 is 1.12. The molecule has 0 unspecified atom stereocenters. The first-order valence-electron chi connectivity index (χ1n) is 8.60. The number of amides is 1. The van der Waals surface area contributed by atoms with Gasteiger partial charge in [0.15, 0.2) is 11.3 Å². The molecule has 0 fully saturated rings. The first kappa shape index (κ1) is 21.8. The standard InChI is InChI=1S/C11H13BrN4O.C7H4BrN3O2/c1-11(2,3)16-10(17)6-4-13-9-8(6)15-7(12)5-14-9;8-4-2-10-6-5(11-4)3(1-9-6)7(12)13/h4-5H,1-3H3,(H,13,14)(H,16,17);1-2H,(H,9,10)(H,12,13). The number of rotatable bonds is 2. The van der Waals surface area contributed by atoms with Gasteiger partial charge in [-0.05, 0) is 52.6 Å². The van der Waals surface area contributed by atoms with Crippen LogP contribution in [0.3, 0.4) is 0 Å². The number of carbonyl (C=O) groups is 2. The first-order chi connectivity index (χ1) is 14.0. The monoisotopic (exact) mass is 537 g/mol. The van der Waals surface area contributed by atoms with Crippen LogP contribution >= 0.6 is 31.9 Å². The summed E-state index contributed by atoms with van der Waals surface area (Å²) in [7, 11) is 0. The van der Waals surface area contributed by atoms with Crippen LogP contribution in [-0.4, -0.2) is 52.4 Å². The van der Waals surface area contributed by atoms with E-state index < -0.39 is 5.97 Å². The van der Waals surface area contributed by atoms with Gasteiger partial charge in [0.05, 0.1) is 18.0 Å². The van der Waals surface area contributed by atoms with Gasteiger partial charge in [-0.15, -0.1) is 0 Å². The van der Waals surface area contributed by atoms with E-state index in [-0.39, 0.29) is 17.0 Å². The van der Waals surface area contributed by atoms with Crippen LogP contribution in [0.15, 0.2) is 34.0 Å². The molecule has 0 saturated heterocycles. The average Bonchev–Trinajstić information content (AvgIpc) is 3.24. The number of hydrogen-bond donors (Lipinski definition) is 4. The summed E-state index contributed by atoms with van der Waals surface area (Å²) >= 11 is 6.36. The predicted octanol–water partition coefficient (Wildman–Crippen LogP) is 3.67. The summed E-state index contributed by atoms with van der Waals surface area (Å²) in [5.74, 6) is -1.17. The number of aromatic amines is 2. The number of aromatic nitrogens is 6. The van der Waals surface area contributed by atoms with E-state index in [0.29, 0.717) is 37.1 Å². The van der Waals surface area contributed by atoms with Crippen LogP contribution in [0.25, 0.3) is 22.3 Å². The molecule has 0 atom stereocenters. The van der Waals surface area contributed by atoms with Gasteiger partial charge in [0.25, 0.3) is 5.91 Å². The normalized spacial score (nSPS) is 11.2. The SMILES string of the molecule is CC(C)(C)NC(=O)c1c[nH]c2ncc(Br)nc12.O=C(O)c1c[nH]c2ncc(Br)nc12. The second-order valence-corrected chi connectivity index (χ2v) is 8.82. The molecule has 0 radical (unpaired) electrons. The quantitative estimate of drug-likeness (QED) is 0.304. The van der Waals surface area contributed by atoms with Crippen LogP contribution < -0.4 is 5.32 Å². The van der Waals surface area contributed by atoms with Gasteiger partial charge < -0.3 is 20.4 Å². The van der Waals surface area contributed by atoms with Crippen LogP contribution in [0.1, 0.15) is 41.5 Å². The van der Waals surface area contributed by atoms with Gasteiger partial charge >= 0.3 is 5.97 Å². The molecule has 4 aromatic heterocycles. The van der Waals surface area contributed by atoms with Gasteiger partial charge in [0, 0.05) is 17.9 Å². The van der Waals surface area contributed by atoms with E-state index in [1.807, 2.05) is 20.8 Å². The fourth-order valence-corrected chi connectivity index (χ4v) is 3.04. The topological polar surface area (TPSA) is 150 Å². The van der Waals surface area contributed by atoms with E-state index in [2.05, 4.69) is 67.1 Å². The lowest BCUT2D eigenvalue weighted by Gasteiger charge is -2.19. The second kappa shape index (κ2) is 8.48. The Morgan fingerprint density at radius 2 is 1.40 bits per heavy atom. The third-order valence-corrected chi connectivity index (χ3v) is 4.43. The first-order valence-corrected chi connectivity index (χ1v) is 10.2. The number of aromatic carboxylic acids is 1. The maximum absolute atomic E-state index is 12.0. The van der Waals surface area contributed by atoms with Gasteiger partial charge in [-0.1, -0.05) is 0 Å². The van der Waals surface area contributed by atoms with Crippen molar-refractivity contribution in [3.8, 4) is 0 Å². The van der Waals surface area contributed by atoms with Gasteiger partial charge in [-0.25, -0.2) is 24.7 Å². The molecule has 30 heavy (non-hydrogen) atoms. The molecule has 4 aromatic rings. The van der Waals surface area contributed by atoms with Gasteiger partial charge in [0.2, 0.25) is 0 Å². The van der Waals surface area contributed by atoms with Crippen molar-refractivity contribution in [1.82, 2.24) is 35.2 Å². The van der Waals surface area contributed by atoms with Crippen LogP contribution in [0, 0.1) is 0 Å². The van der Waals surface area contributed by atoms with Gasteiger partial charge in [-0.2, -0.15) is 0 Å². The smallest absolute Gasteiger partial charge is 0.339 e. The number of nitrogens with one attached hydrogen (secondary N) is 3. The zero-order valence-electron chi connectivity index (χ0n) is 16.1. The molecule has 0 aromatic carbocycles. The number of carboxylic acids is 1. The molecule has 1 amide bonds. The van der Waals surface area contributed by atoms with Crippen LogP contribution in [0.5, 0.6) is 0 Å². The fraction of sp³-hybridized carbons (Fsp3) is 0.222. The number of H-pyrrole nitrogens is 2. The maximum Gasteiger partial charge on any atom is 0.339 e. The van der Waals surface area contributed by atoms with Crippen molar-refractivity contribution in [1.29, 1.82) is 0 Å². The Bertz CT molecular complexity index is 1240. The summed E-state index contributed by atoms with van der Waals surface area (Å²) in [6.45, 7) is 5.80. The van der Waals surface area contributed by atoms with E-state index in [1.54, 1.807) is 12.4 Å². The Kier molecular flexibility index (Phi) is 6.17. The van der Waals surface area contributed by atoms with Crippen molar-refractivity contribution in [2.24, 2.45) is 0 Å². The zero-order valence-corrected chi connectivity index (χ0v) is 19.3. The van der Waals surface area contributed by atoms with Crippen molar-refractivity contribution in [2.75, 3.05) is 0 Å². The van der Waals surface area contributed by atoms with E-state index in [4.69, 9.17) is 5.11 Å². The highest BCUT2D eigenvalue weighted by atomic mass is 79.9. The molecule has 0 spiro atoms. The number of carboxylic acid groups (broad SMARTS) is 1. The largest absolute Gasteiger partial charge is 0.478 e. The summed E-state index contributed by atoms with van der Waals surface area (Å²) in [4.78, 5) is 44.7. The van der Waals surface area contributed by atoms with Crippen LogP contribution in [-0.2, 0) is 0 Å². The minimum Gasteiger partial charge on any atom is -0.478 e. The lowest BCUT2D eigenvalue weighted by atomic mass is 10.1. The average molecular weight is 539 g/mol. The molecular weight excluding hydrogens is 522 g/mol. The molecular formula is C18H17Br2N7O3. The number of carbonyl (C=O) groups excluding carboxylic acids is 1. The molecule has 0 saturated carbocycles. The van der Waals surface area contributed by atoms with Crippen molar-refractivity contribution in [2.45, 2.75) is 26.3 Å². The van der Waals surface area contributed by atoms with Gasteiger partial charge in [0.1, 0.15) is 25.8 Å². The summed E-state index contributed by atoms with van der Waals surface area (Å²) in [6, 6.07) is 0. The number of hydrogen-bond acceptors (Lipinski definition) is 6. The zero-order chi connectivity index (χ0) is 22.1. The van der Waals surface area contributed by atoms with Crippen molar-refractivity contribution in [3.63, 3.8) is 0 Å². The molecule has 0 bridgehead atoms. The Morgan fingerprint density at radius 3 is 1.87 bits per heavy atom. The molecule has 10 nitrogen and oxygen atoms in total. The molecule has 0 aliphatic heterocycles. The molecule has 4 N–H and O–H groups in total. The highest BCUT2D eigenvalue weighted by molar-refractivity contribution is 9.10. The molecule has 0 aliphatic rings. The van der Waals surface area contributed by atoms with E-state index in [1.165, 1.54) is 12.4 Å². The lowest BCUT2D eigenvalue weighted by molar-refractivity contribution is 0.0698. The molecule has 12 heteroatoms. The van der Waals surface area contributed by atoms with E-state index in [9.17, 15) is 9.59 Å². The Balaban J connectivity index is 0.000000177. The highest BCUT2D eigenvalue weighted by Crippen LogP contribution is 2.18. The fourth-order valence-electron chi connectivity index (χ4n) is 2.48. The molecule has 4 heterocycles.